The zero-order valence-corrected chi connectivity index (χ0v) is 11.2. The number of hydrogen-bond acceptors (Lipinski definition) is 5. The lowest BCUT2D eigenvalue weighted by atomic mass is 10.2. The quantitative estimate of drug-likeness (QED) is 0.816. The minimum atomic E-state index is -0.626. The van der Waals surface area contributed by atoms with Gasteiger partial charge >= 0.3 is 5.97 Å². The summed E-state index contributed by atoms with van der Waals surface area (Å²) in [5.41, 5.74) is 1.06. The van der Waals surface area contributed by atoms with Crippen molar-refractivity contribution in [2.24, 2.45) is 0 Å². The van der Waals surface area contributed by atoms with Gasteiger partial charge in [-0.05, 0) is 6.07 Å². The maximum absolute atomic E-state index is 10.9. The Balaban J connectivity index is 1.99. The van der Waals surface area contributed by atoms with Crippen molar-refractivity contribution in [3.63, 3.8) is 0 Å². The van der Waals surface area contributed by atoms with Crippen LogP contribution in [-0.2, 0) is 16.1 Å². The van der Waals surface area contributed by atoms with Crippen molar-refractivity contribution < 1.29 is 19.4 Å². The molecule has 5 heteroatoms. The van der Waals surface area contributed by atoms with Gasteiger partial charge in [-0.25, -0.2) is 0 Å². The van der Waals surface area contributed by atoms with Crippen LogP contribution in [0.2, 0.25) is 0 Å². The normalized spacial score (nSPS) is 23.3. The second kappa shape index (κ2) is 6.04. The number of carbonyl (C=O) groups excluding carboxylic acids is 1. The maximum Gasteiger partial charge on any atom is 0.303 e. The van der Waals surface area contributed by atoms with Crippen molar-refractivity contribution in [1.29, 1.82) is 0 Å². The van der Waals surface area contributed by atoms with Crippen molar-refractivity contribution in [2.75, 3.05) is 20.2 Å². The number of benzene rings is 1. The highest BCUT2D eigenvalue weighted by molar-refractivity contribution is 5.66. The zero-order chi connectivity index (χ0) is 13.8. The number of carbonyl (C=O) groups is 1. The lowest BCUT2D eigenvalue weighted by Crippen LogP contribution is -2.28. The second-order valence-corrected chi connectivity index (χ2v) is 4.72. The van der Waals surface area contributed by atoms with E-state index in [2.05, 4.69) is 4.90 Å². The average molecular weight is 265 g/mol. The van der Waals surface area contributed by atoms with Crippen LogP contribution in [0.5, 0.6) is 5.75 Å². The average Bonchev–Trinajstić information content (AvgIpc) is 2.69. The van der Waals surface area contributed by atoms with Crippen LogP contribution < -0.4 is 4.74 Å². The predicted octanol–water partition coefficient (Wildman–Crippen LogP) is 0.803. The molecule has 0 radical (unpaired) electrons. The summed E-state index contributed by atoms with van der Waals surface area (Å²) in [6.07, 6.45) is -1.06. The summed E-state index contributed by atoms with van der Waals surface area (Å²) in [7, 11) is 1.64. The molecule has 1 N–H and O–H groups in total. The Bertz CT molecular complexity index is 449. The molecule has 2 rings (SSSR count). The van der Waals surface area contributed by atoms with E-state index in [0.29, 0.717) is 19.6 Å². The Morgan fingerprint density at radius 1 is 1.42 bits per heavy atom. The summed E-state index contributed by atoms with van der Waals surface area (Å²) in [5.74, 6) is 0.469. The largest absolute Gasteiger partial charge is 0.496 e. The number of ether oxygens (including phenoxy) is 2. The third-order valence-corrected chi connectivity index (χ3v) is 3.22. The van der Waals surface area contributed by atoms with Crippen LogP contribution in [0.15, 0.2) is 24.3 Å². The van der Waals surface area contributed by atoms with E-state index in [4.69, 9.17) is 9.47 Å². The van der Waals surface area contributed by atoms with E-state index in [1.54, 1.807) is 7.11 Å². The molecule has 2 unspecified atom stereocenters. The van der Waals surface area contributed by atoms with Gasteiger partial charge in [0.05, 0.1) is 7.11 Å². The van der Waals surface area contributed by atoms with Gasteiger partial charge < -0.3 is 14.6 Å². The highest BCUT2D eigenvalue weighted by Gasteiger charge is 2.33. The molecule has 0 amide bonds. The van der Waals surface area contributed by atoms with Gasteiger partial charge in [0.2, 0.25) is 0 Å². The van der Waals surface area contributed by atoms with Crippen LogP contribution in [-0.4, -0.2) is 48.4 Å². The number of β-amino-alcohol motifs (C(OH)–C–C–N with tert-alkyl or cyclic N) is 1. The molecule has 1 aliphatic rings. The van der Waals surface area contributed by atoms with E-state index in [-0.39, 0.29) is 5.97 Å². The van der Waals surface area contributed by atoms with E-state index in [1.807, 2.05) is 24.3 Å². The summed E-state index contributed by atoms with van der Waals surface area (Å²) in [6, 6.07) is 7.77. The molecule has 2 atom stereocenters. The molecule has 19 heavy (non-hydrogen) atoms. The number of aliphatic hydroxyl groups excluding tert-OH is 1. The van der Waals surface area contributed by atoms with Crippen molar-refractivity contribution in [3.05, 3.63) is 29.8 Å². The van der Waals surface area contributed by atoms with Gasteiger partial charge in [0.15, 0.2) is 0 Å². The molecule has 5 nitrogen and oxygen atoms in total. The fourth-order valence-electron chi connectivity index (χ4n) is 2.37. The smallest absolute Gasteiger partial charge is 0.303 e. The maximum atomic E-state index is 10.9. The van der Waals surface area contributed by atoms with E-state index < -0.39 is 12.2 Å². The molecule has 1 aromatic carbocycles. The molecule has 0 aromatic heterocycles. The molecule has 0 spiro atoms. The van der Waals surface area contributed by atoms with Crippen LogP contribution in [0.4, 0.5) is 0 Å². The number of para-hydroxylation sites is 1. The number of nitrogens with zero attached hydrogens (tertiary/aromatic N) is 1. The Kier molecular flexibility index (Phi) is 4.39. The molecule has 0 aliphatic carbocycles. The Morgan fingerprint density at radius 3 is 2.84 bits per heavy atom. The molecular weight excluding hydrogens is 246 g/mol. The van der Waals surface area contributed by atoms with Crippen molar-refractivity contribution >= 4 is 5.97 Å². The van der Waals surface area contributed by atoms with E-state index in [0.717, 1.165) is 11.3 Å². The van der Waals surface area contributed by atoms with Crippen LogP contribution in [0, 0.1) is 0 Å². The Hall–Kier alpha value is -1.59. The first-order valence-electron chi connectivity index (χ1n) is 6.29. The third kappa shape index (κ3) is 3.45. The number of esters is 1. The molecule has 1 aromatic rings. The van der Waals surface area contributed by atoms with Gasteiger partial charge in [-0.2, -0.15) is 0 Å². The number of methoxy groups -OCH3 is 1. The molecular formula is C14H19NO4. The minimum Gasteiger partial charge on any atom is -0.496 e. The van der Waals surface area contributed by atoms with Gasteiger partial charge in [0, 0.05) is 32.1 Å². The van der Waals surface area contributed by atoms with Gasteiger partial charge in [-0.15, -0.1) is 0 Å². The first kappa shape index (κ1) is 13.8. The fraction of sp³-hybridized carbons (Fsp3) is 0.500. The fourth-order valence-corrected chi connectivity index (χ4v) is 2.37. The second-order valence-electron chi connectivity index (χ2n) is 4.72. The summed E-state index contributed by atoms with van der Waals surface area (Å²) >= 11 is 0. The first-order valence-corrected chi connectivity index (χ1v) is 6.29. The molecule has 0 bridgehead atoms. The van der Waals surface area contributed by atoms with E-state index in [1.165, 1.54) is 6.92 Å². The first-order chi connectivity index (χ1) is 9.10. The minimum absolute atomic E-state index is 0.358. The number of likely N-dealkylation sites (tertiary alicyclic amines) is 1. The van der Waals surface area contributed by atoms with Crippen LogP contribution in [0.3, 0.4) is 0 Å². The summed E-state index contributed by atoms with van der Waals surface area (Å²) < 4.78 is 10.4. The Morgan fingerprint density at radius 2 is 2.16 bits per heavy atom. The van der Waals surface area contributed by atoms with Crippen LogP contribution >= 0.6 is 0 Å². The van der Waals surface area contributed by atoms with Crippen molar-refractivity contribution in [2.45, 2.75) is 25.7 Å². The third-order valence-electron chi connectivity index (χ3n) is 3.22. The SMILES string of the molecule is COc1ccccc1CN1CC(O)C(OC(C)=O)C1. The molecule has 104 valence electrons. The number of hydrogen-bond donors (Lipinski definition) is 1. The molecule has 0 saturated carbocycles. The van der Waals surface area contributed by atoms with Gasteiger partial charge in [0.25, 0.3) is 0 Å². The zero-order valence-electron chi connectivity index (χ0n) is 11.2. The highest BCUT2D eigenvalue weighted by Crippen LogP contribution is 2.22. The van der Waals surface area contributed by atoms with Crippen molar-refractivity contribution in [1.82, 2.24) is 4.90 Å². The van der Waals surface area contributed by atoms with Gasteiger partial charge in [-0.3, -0.25) is 9.69 Å². The monoisotopic (exact) mass is 265 g/mol. The molecule has 1 saturated heterocycles. The number of rotatable bonds is 4. The molecule has 1 aliphatic heterocycles. The van der Waals surface area contributed by atoms with Crippen LogP contribution in [0.25, 0.3) is 0 Å². The lowest BCUT2D eigenvalue weighted by molar-refractivity contribution is -0.149. The van der Waals surface area contributed by atoms with Gasteiger partial charge in [-0.1, -0.05) is 18.2 Å². The summed E-state index contributed by atoms with van der Waals surface area (Å²) in [5, 5.41) is 9.86. The summed E-state index contributed by atoms with van der Waals surface area (Å²) in [4.78, 5) is 13.0. The number of aliphatic hydroxyl groups is 1. The van der Waals surface area contributed by atoms with E-state index in [9.17, 15) is 9.90 Å². The van der Waals surface area contributed by atoms with Gasteiger partial charge in [0.1, 0.15) is 18.0 Å². The van der Waals surface area contributed by atoms with Crippen LogP contribution in [0.1, 0.15) is 12.5 Å². The standard InChI is InChI=1S/C14H19NO4/c1-10(16)19-14-9-15(8-12(14)17)7-11-5-3-4-6-13(11)18-2/h3-6,12,14,17H,7-9H2,1-2H3. The Labute approximate surface area is 112 Å². The topological polar surface area (TPSA) is 59.0 Å². The molecule has 1 fully saturated rings. The predicted molar refractivity (Wildman–Crippen MR) is 69.8 cm³/mol. The summed E-state index contributed by atoms with van der Waals surface area (Å²) in [6.45, 7) is 3.06. The lowest BCUT2D eigenvalue weighted by Gasteiger charge is -2.17. The molecule has 1 heterocycles. The van der Waals surface area contributed by atoms with Crippen molar-refractivity contribution in [3.8, 4) is 5.75 Å². The van der Waals surface area contributed by atoms with E-state index >= 15 is 0 Å². The highest BCUT2D eigenvalue weighted by atomic mass is 16.6.